The SMILES string of the molecule is C=CCCCCCCC(=O)N(O)CCNC(=O)CC(O)(CC(=O)NCCN(O)C(C)=O)C(=O)O. The summed E-state index contributed by atoms with van der Waals surface area (Å²) in [5.74, 6) is -4.78. The Hall–Kier alpha value is -3.03. The Balaban J connectivity index is 4.38. The average Bonchev–Trinajstić information content (AvgIpc) is 2.75. The second kappa shape index (κ2) is 16.6. The van der Waals surface area contributed by atoms with Crippen LogP contribution in [0.4, 0.5) is 0 Å². The summed E-state index contributed by atoms with van der Waals surface area (Å²) in [6, 6.07) is 0. The van der Waals surface area contributed by atoms with Gasteiger partial charge in [-0.25, -0.2) is 14.9 Å². The van der Waals surface area contributed by atoms with Gasteiger partial charge in [-0.3, -0.25) is 29.6 Å². The van der Waals surface area contributed by atoms with Gasteiger partial charge in [0.25, 0.3) is 0 Å². The minimum absolute atomic E-state index is 0.146. The average molecular weight is 489 g/mol. The molecule has 0 rings (SSSR count). The molecule has 1 unspecified atom stereocenters. The van der Waals surface area contributed by atoms with Crippen LogP contribution in [0.15, 0.2) is 12.7 Å². The van der Waals surface area contributed by atoms with Gasteiger partial charge in [0.15, 0.2) is 5.60 Å². The van der Waals surface area contributed by atoms with Crippen LogP contribution < -0.4 is 10.6 Å². The molecule has 0 heterocycles. The summed E-state index contributed by atoms with van der Waals surface area (Å²) in [6.07, 6.45) is 4.36. The molecule has 0 bridgehead atoms. The standard InChI is InChI=1S/C21H36N4O9/c1-3-4-5-6-7-8-9-19(29)25(34)13-11-23-18(28)15-21(32,20(30)31)14-17(27)22-10-12-24(33)16(2)26/h3,32-34H,1,4-15H2,2H3,(H,22,27)(H,23,28)(H,30,31). The van der Waals surface area contributed by atoms with Crippen LogP contribution in [0.5, 0.6) is 0 Å². The van der Waals surface area contributed by atoms with Crippen molar-refractivity contribution in [3.05, 3.63) is 12.7 Å². The van der Waals surface area contributed by atoms with E-state index < -0.39 is 48.0 Å². The zero-order chi connectivity index (χ0) is 26.1. The molecule has 0 aromatic rings. The van der Waals surface area contributed by atoms with E-state index in [1.54, 1.807) is 0 Å². The van der Waals surface area contributed by atoms with Gasteiger partial charge in [0, 0.05) is 26.4 Å². The van der Waals surface area contributed by atoms with E-state index in [1.807, 2.05) is 6.08 Å². The largest absolute Gasteiger partial charge is 0.479 e. The predicted molar refractivity (Wildman–Crippen MR) is 118 cm³/mol. The number of unbranched alkanes of at least 4 members (excludes halogenated alkanes) is 4. The van der Waals surface area contributed by atoms with Crippen LogP contribution in [0.3, 0.4) is 0 Å². The third kappa shape index (κ3) is 13.5. The van der Waals surface area contributed by atoms with Gasteiger partial charge in [-0.05, 0) is 19.3 Å². The molecule has 4 amide bonds. The first-order valence-electron chi connectivity index (χ1n) is 11.0. The van der Waals surface area contributed by atoms with E-state index >= 15 is 0 Å². The number of allylic oxidation sites excluding steroid dienone is 1. The molecule has 0 aromatic carbocycles. The molecule has 194 valence electrons. The van der Waals surface area contributed by atoms with E-state index in [2.05, 4.69) is 17.2 Å². The number of hydroxylamine groups is 4. The van der Waals surface area contributed by atoms with Crippen molar-refractivity contribution in [3.63, 3.8) is 0 Å². The lowest BCUT2D eigenvalue weighted by Crippen LogP contribution is -2.48. The molecule has 0 spiro atoms. The fourth-order valence-corrected chi connectivity index (χ4v) is 2.80. The minimum atomic E-state index is -2.70. The van der Waals surface area contributed by atoms with Gasteiger partial charge < -0.3 is 20.8 Å². The summed E-state index contributed by atoms with van der Waals surface area (Å²) >= 11 is 0. The monoisotopic (exact) mass is 488 g/mol. The van der Waals surface area contributed by atoms with Gasteiger partial charge in [-0.2, -0.15) is 0 Å². The van der Waals surface area contributed by atoms with Crippen molar-refractivity contribution in [3.8, 4) is 0 Å². The van der Waals surface area contributed by atoms with E-state index in [0.29, 0.717) is 16.5 Å². The molecule has 0 aliphatic heterocycles. The molecule has 0 aliphatic rings. The van der Waals surface area contributed by atoms with Gasteiger partial charge in [0.1, 0.15) is 0 Å². The van der Waals surface area contributed by atoms with Crippen molar-refractivity contribution in [1.29, 1.82) is 0 Å². The van der Waals surface area contributed by atoms with E-state index in [1.165, 1.54) is 0 Å². The number of carbonyl (C=O) groups is 5. The number of carboxylic acids is 1. The van der Waals surface area contributed by atoms with Crippen molar-refractivity contribution in [2.45, 2.75) is 63.9 Å². The Bertz CT molecular complexity index is 716. The quantitative estimate of drug-likeness (QED) is 0.0654. The van der Waals surface area contributed by atoms with Gasteiger partial charge in [-0.1, -0.05) is 18.9 Å². The number of rotatable bonds is 18. The number of hydrogen-bond acceptors (Lipinski definition) is 8. The van der Waals surface area contributed by atoms with Crippen LogP contribution >= 0.6 is 0 Å². The highest BCUT2D eigenvalue weighted by Gasteiger charge is 2.40. The highest BCUT2D eigenvalue weighted by Crippen LogP contribution is 2.16. The fourth-order valence-electron chi connectivity index (χ4n) is 2.80. The zero-order valence-corrected chi connectivity index (χ0v) is 19.5. The summed E-state index contributed by atoms with van der Waals surface area (Å²) < 4.78 is 0. The number of amides is 4. The first-order valence-corrected chi connectivity index (χ1v) is 11.0. The van der Waals surface area contributed by atoms with Crippen LogP contribution in [0.25, 0.3) is 0 Å². The maximum atomic E-state index is 12.0. The number of nitrogens with zero attached hydrogens (tertiary/aromatic N) is 2. The topological polar surface area (TPSA) is 197 Å². The summed E-state index contributed by atoms with van der Waals surface area (Å²) in [7, 11) is 0. The minimum Gasteiger partial charge on any atom is -0.479 e. The molecule has 0 aromatic heterocycles. The molecular weight excluding hydrogens is 452 g/mol. The molecule has 6 N–H and O–H groups in total. The predicted octanol–water partition coefficient (Wildman–Crippen LogP) is -0.203. The number of aliphatic hydroxyl groups is 1. The van der Waals surface area contributed by atoms with E-state index in [0.717, 1.165) is 32.6 Å². The van der Waals surface area contributed by atoms with Crippen molar-refractivity contribution in [1.82, 2.24) is 20.8 Å². The van der Waals surface area contributed by atoms with Crippen molar-refractivity contribution < 1.29 is 44.6 Å². The van der Waals surface area contributed by atoms with Crippen molar-refractivity contribution in [2.75, 3.05) is 26.2 Å². The Morgan fingerprint density at radius 2 is 1.38 bits per heavy atom. The second-order valence-electron chi connectivity index (χ2n) is 7.79. The first-order chi connectivity index (χ1) is 15.9. The molecule has 0 saturated carbocycles. The molecular formula is C21H36N4O9. The molecule has 0 aliphatic carbocycles. The molecule has 13 nitrogen and oxygen atoms in total. The highest BCUT2D eigenvalue weighted by molar-refractivity contribution is 5.91. The number of carboxylic acid groups (broad SMARTS) is 1. The fraction of sp³-hybridized carbons (Fsp3) is 0.667. The first kappa shape index (κ1) is 31.0. The Kier molecular flexibility index (Phi) is 15.1. The second-order valence-corrected chi connectivity index (χ2v) is 7.79. The summed E-state index contributed by atoms with van der Waals surface area (Å²) in [5.41, 5.74) is -2.70. The normalized spacial score (nSPS) is 12.2. The summed E-state index contributed by atoms with van der Waals surface area (Å²) in [5, 5.41) is 43.8. The molecule has 0 radical (unpaired) electrons. The third-order valence-electron chi connectivity index (χ3n) is 4.80. The van der Waals surface area contributed by atoms with Crippen LogP contribution in [0, 0.1) is 0 Å². The lowest BCUT2D eigenvalue weighted by molar-refractivity contribution is -0.166. The van der Waals surface area contributed by atoms with Gasteiger partial charge in [-0.15, -0.1) is 6.58 Å². The molecule has 1 atom stereocenters. The number of nitrogens with one attached hydrogen (secondary N) is 2. The van der Waals surface area contributed by atoms with Gasteiger partial charge in [0.2, 0.25) is 23.6 Å². The smallest absolute Gasteiger partial charge is 0.336 e. The lowest BCUT2D eigenvalue weighted by Gasteiger charge is -2.23. The molecule has 13 heteroatoms. The molecule has 34 heavy (non-hydrogen) atoms. The Labute approximate surface area is 198 Å². The maximum Gasteiger partial charge on any atom is 0.336 e. The van der Waals surface area contributed by atoms with Crippen LogP contribution in [-0.4, -0.2) is 92.1 Å². The van der Waals surface area contributed by atoms with Gasteiger partial charge in [0.05, 0.1) is 25.9 Å². The van der Waals surface area contributed by atoms with E-state index in [9.17, 15) is 44.6 Å². The summed E-state index contributed by atoms with van der Waals surface area (Å²) in [4.78, 5) is 58.1. The molecule has 0 saturated heterocycles. The van der Waals surface area contributed by atoms with Crippen LogP contribution in [0.1, 0.15) is 58.3 Å². The Morgan fingerprint density at radius 1 is 0.882 bits per heavy atom. The van der Waals surface area contributed by atoms with Crippen molar-refractivity contribution in [2.24, 2.45) is 0 Å². The van der Waals surface area contributed by atoms with Crippen LogP contribution in [0.2, 0.25) is 0 Å². The van der Waals surface area contributed by atoms with Crippen LogP contribution in [-0.2, 0) is 24.0 Å². The van der Waals surface area contributed by atoms with Gasteiger partial charge >= 0.3 is 5.97 Å². The number of carbonyl (C=O) groups excluding carboxylic acids is 4. The third-order valence-corrected chi connectivity index (χ3v) is 4.80. The van der Waals surface area contributed by atoms with Crippen molar-refractivity contribution >= 4 is 29.6 Å². The highest BCUT2D eigenvalue weighted by atomic mass is 16.5. The zero-order valence-electron chi connectivity index (χ0n) is 19.5. The maximum absolute atomic E-state index is 12.0. The van der Waals surface area contributed by atoms with E-state index in [4.69, 9.17) is 0 Å². The summed E-state index contributed by atoms with van der Waals surface area (Å²) in [6.45, 7) is 3.85. The molecule has 0 fully saturated rings. The van der Waals surface area contributed by atoms with E-state index in [-0.39, 0.29) is 32.6 Å². The lowest BCUT2D eigenvalue weighted by atomic mass is 9.94. The Morgan fingerprint density at radius 3 is 1.85 bits per heavy atom. The number of hydrogen-bond donors (Lipinski definition) is 6. The number of aliphatic carboxylic acids is 1.